The van der Waals surface area contributed by atoms with Crippen molar-refractivity contribution in [2.45, 2.75) is 45.4 Å². The van der Waals surface area contributed by atoms with Gasteiger partial charge in [-0.25, -0.2) is 4.79 Å². The molecule has 0 aromatic carbocycles. The van der Waals surface area contributed by atoms with E-state index < -0.39 is 19.7 Å². The molecule has 4 heteroatoms. The Morgan fingerprint density at radius 1 is 1.47 bits per heavy atom. The molecule has 1 fully saturated rings. The third-order valence-electron chi connectivity index (χ3n) is 2.99. The van der Waals surface area contributed by atoms with Gasteiger partial charge in [0.25, 0.3) is 0 Å². The molecule has 1 amide bonds. The van der Waals surface area contributed by atoms with Crippen molar-refractivity contribution in [2.24, 2.45) is 0 Å². The van der Waals surface area contributed by atoms with E-state index in [9.17, 15) is 4.79 Å². The largest absolute Gasteiger partial charge is 0.465 e. The normalized spacial score (nSPS) is 21.2. The van der Waals surface area contributed by atoms with Crippen LogP contribution in [-0.4, -0.2) is 36.3 Å². The van der Waals surface area contributed by atoms with Crippen LogP contribution in [0.2, 0.25) is 19.6 Å². The van der Waals surface area contributed by atoms with Gasteiger partial charge in [-0.05, 0) is 31.9 Å². The molecule has 1 aliphatic rings. The molecule has 1 heterocycles. The number of carbonyl (C=O) groups is 1. The fraction of sp³-hybridized carbons (Fsp3) is 0.615. The van der Waals surface area contributed by atoms with Gasteiger partial charge >= 0.3 is 6.09 Å². The summed E-state index contributed by atoms with van der Waals surface area (Å²) in [6.45, 7) is 11.0. The summed E-state index contributed by atoms with van der Waals surface area (Å²) in [7, 11) is -1.35. The van der Waals surface area contributed by atoms with E-state index in [2.05, 4.69) is 31.1 Å². The van der Waals surface area contributed by atoms with E-state index in [1.165, 1.54) is 4.90 Å². The Hall–Kier alpha value is -1.21. The van der Waals surface area contributed by atoms with E-state index in [0.717, 1.165) is 12.0 Å². The number of likely N-dealkylation sites (tertiary alicyclic amines) is 1. The first-order valence-electron chi connectivity index (χ1n) is 5.87. The van der Waals surface area contributed by atoms with Crippen LogP contribution in [0.3, 0.4) is 0 Å². The molecule has 94 valence electrons. The molecular weight excluding hydrogens is 230 g/mol. The van der Waals surface area contributed by atoms with Gasteiger partial charge in [-0.15, -0.1) is 5.54 Å². The Morgan fingerprint density at radius 2 is 2.06 bits per heavy atom. The molecule has 0 unspecified atom stereocenters. The standard InChI is InChI=1S/C13H21NO2Si/c1-13(2)11(7-6-10-17(3,4)5)8-9-14(13)12(15)16/h7H,8-9H2,1-5H3,(H,15,16)/b11-7+. The zero-order valence-electron chi connectivity index (χ0n) is 11.3. The van der Waals surface area contributed by atoms with Crippen LogP contribution in [0.25, 0.3) is 0 Å². The fourth-order valence-corrected chi connectivity index (χ4v) is 2.42. The summed E-state index contributed by atoms with van der Waals surface area (Å²) in [5.74, 6) is 3.11. The summed E-state index contributed by atoms with van der Waals surface area (Å²) in [5.41, 5.74) is 3.98. The highest BCUT2D eigenvalue weighted by molar-refractivity contribution is 6.83. The number of amides is 1. The minimum absolute atomic E-state index is 0.417. The second-order valence-electron chi connectivity index (χ2n) is 5.93. The van der Waals surface area contributed by atoms with Crippen molar-refractivity contribution in [3.05, 3.63) is 11.6 Å². The van der Waals surface area contributed by atoms with Gasteiger partial charge in [0.05, 0.1) is 5.54 Å². The van der Waals surface area contributed by atoms with E-state index in [4.69, 9.17) is 5.11 Å². The first-order valence-corrected chi connectivity index (χ1v) is 9.37. The molecule has 1 aliphatic heterocycles. The Morgan fingerprint density at radius 3 is 2.47 bits per heavy atom. The van der Waals surface area contributed by atoms with Crippen LogP contribution in [-0.2, 0) is 0 Å². The molecule has 0 aliphatic carbocycles. The number of nitrogens with zero attached hydrogens (tertiary/aromatic N) is 1. The van der Waals surface area contributed by atoms with Crippen molar-refractivity contribution < 1.29 is 9.90 Å². The third kappa shape index (κ3) is 3.37. The highest BCUT2D eigenvalue weighted by Crippen LogP contribution is 2.33. The van der Waals surface area contributed by atoms with Crippen molar-refractivity contribution in [3.63, 3.8) is 0 Å². The molecule has 0 atom stereocenters. The molecule has 0 radical (unpaired) electrons. The minimum atomic E-state index is -1.35. The number of hydrogen-bond donors (Lipinski definition) is 1. The smallest absolute Gasteiger partial charge is 0.408 e. The van der Waals surface area contributed by atoms with Gasteiger partial charge in [0.2, 0.25) is 0 Å². The molecule has 0 aromatic rings. The third-order valence-corrected chi connectivity index (χ3v) is 3.88. The zero-order valence-corrected chi connectivity index (χ0v) is 12.3. The molecule has 0 saturated carbocycles. The molecule has 1 saturated heterocycles. The van der Waals surface area contributed by atoms with Crippen LogP contribution in [0.15, 0.2) is 11.6 Å². The number of hydrogen-bond acceptors (Lipinski definition) is 1. The van der Waals surface area contributed by atoms with Crippen molar-refractivity contribution in [3.8, 4) is 11.5 Å². The number of carboxylic acid groups (broad SMARTS) is 1. The first kappa shape index (κ1) is 13.9. The van der Waals surface area contributed by atoms with Crippen molar-refractivity contribution in [1.82, 2.24) is 4.90 Å². The topological polar surface area (TPSA) is 40.5 Å². The summed E-state index contributed by atoms with van der Waals surface area (Å²) < 4.78 is 0. The van der Waals surface area contributed by atoms with Crippen LogP contribution in [0.1, 0.15) is 20.3 Å². The van der Waals surface area contributed by atoms with Gasteiger partial charge in [-0.2, -0.15) is 0 Å². The summed E-state index contributed by atoms with van der Waals surface area (Å²) in [5, 5.41) is 9.09. The lowest BCUT2D eigenvalue weighted by atomic mass is 9.95. The monoisotopic (exact) mass is 251 g/mol. The van der Waals surface area contributed by atoms with E-state index in [-0.39, 0.29) is 0 Å². The lowest BCUT2D eigenvalue weighted by Gasteiger charge is -2.29. The Labute approximate surface area is 105 Å². The molecule has 0 aromatic heterocycles. The molecule has 1 N–H and O–H groups in total. The molecular formula is C13H21NO2Si. The summed E-state index contributed by atoms with van der Waals surface area (Å²) in [6, 6.07) is 0. The highest BCUT2D eigenvalue weighted by atomic mass is 28.3. The van der Waals surface area contributed by atoms with Crippen molar-refractivity contribution >= 4 is 14.2 Å². The van der Waals surface area contributed by atoms with Crippen molar-refractivity contribution in [1.29, 1.82) is 0 Å². The zero-order chi connectivity index (χ0) is 13.3. The first-order chi connectivity index (χ1) is 7.64. The van der Waals surface area contributed by atoms with Crippen LogP contribution < -0.4 is 0 Å². The number of allylic oxidation sites excluding steroid dienone is 1. The Balaban J connectivity index is 2.91. The minimum Gasteiger partial charge on any atom is -0.465 e. The molecule has 0 spiro atoms. The van der Waals surface area contributed by atoms with Gasteiger partial charge in [-0.3, -0.25) is 4.90 Å². The lowest BCUT2D eigenvalue weighted by Crippen LogP contribution is -2.42. The lowest BCUT2D eigenvalue weighted by molar-refractivity contribution is 0.124. The van der Waals surface area contributed by atoms with E-state index >= 15 is 0 Å². The maximum atomic E-state index is 11.1. The molecule has 1 rings (SSSR count). The number of rotatable bonds is 0. The Kier molecular flexibility index (Phi) is 3.73. The summed E-state index contributed by atoms with van der Waals surface area (Å²) in [6.07, 6.45) is 1.86. The van der Waals surface area contributed by atoms with Crippen molar-refractivity contribution in [2.75, 3.05) is 6.54 Å². The van der Waals surface area contributed by atoms with Gasteiger partial charge < -0.3 is 5.11 Å². The van der Waals surface area contributed by atoms with Gasteiger partial charge in [0, 0.05) is 6.54 Å². The molecule has 17 heavy (non-hydrogen) atoms. The van der Waals surface area contributed by atoms with Crippen LogP contribution in [0.5, 0.6) is 0 Å². The van der Waals surface area contributed by atoms with Crippen LogP contribution in [0.4, 0.5) is 4.79 Å². The van der Waals surface area contributed by atoms with Crippen LogP contribution >= 0.6 is 0 Å². The van der Waals surface area contributed by atoms with E-state index in [1.54, 1.807) is 0 Å². The SMILES string of the molecule is CC1(C)/C(=C/C#C[Si](C)(C)C)CCN1C(=O)O. The average Bonchev–Trinajstić information content (AvgIpc) is 2.39. The van der Waals surface area contributed by atoms with E-state index in [1.807, 2.05) is 19.9 Å². The summed E-state index contributed by atoms with van der Waals surface area (Å²) >= 11 is 0. The predicted octanol–water partition coefficient (Wildman–Crippen LogP) is 2.96. The second kappa shape index (κ2) is 4.57. The summed E-state index contributed by atoms with van der Waals surface area (Å²) in [4.78, 5) is 12.5. The maximum absolute atomic E-state index is 11.1. The quantitative estimate of drug-likeness (QED) is 0.531. The predicted molar refractivity (Wildman–Crippen MR) is 72.6 cm³/mol. The van der Waals surface area contributed by atoms with Gasteiger partial charge in [-0.1, -0.05) is 25.6 Å². The molecule has 0 bridgehead atoms. The van der Waals surface area contributed by atoms with Crippen LogP contribution in [0, 0.1) is 11.5 Å². The highest BCUT2D eigenvalue weighted by Gasteiger charge is 2.39. The average molecular weight is 251 g/mol. The van der Waals surface area contributed by atoms with E-state index in [0.29, 0.717) is 6.54 Å². The Bertz CT molecular complexity index is 407. The fourth-order valence-electron chi connectivity index (χ4n) is 1.91. The van der Waals surface area contributed by atoms with Gasteiger partial charge in [0.15, 0.2) is 0 Å². The second-order valence-corrected chi connectivity index (χ2v) is 10.7. The maximum Gasteiger partial charge on any atom is 0.408 e. The molecule has 3 nitrogen and oxygen atoms in total. The van der Waals surface area contributed by atoms with Gasteiger partial charge in [0.1, 0.15) is 8.07 Å².